The van der Waals surface area contributed by atoms with E-state index in [0.717, 1.165) is 6.04 Å². The quantitative estimate of drug-likeness (QED) is 0.565. The molecule has 2 aromatic carbocycles. The maximum Gasteiger partial charge on any atom is 0.107 e. The number of benzene rings is 2. The number of hydrogen-bond acceptors (Lipinski definition) is 0. The van der Waals surface area contributed by atoms with Crippen LogP contribution in [0.2, 0.25) is 6.04 Å². The van der Waals surface area contributed by atoms with Crippen LogP contribution in [0.1, 0.15) is 17.0 Å². The van der Waals surface area contributed by atoms with Gasteiger partial charge in [0.15, 0.2) is 0 Å². The molecule has 0 bridgehead atoms. The lowest BCUT2D eigenvalue weighted by atomic mass is 9.93. The standard InChI is InChI=1S/C16H16Si/c1-2-17-13-16(14-9-5-3-6-10-14)15-11-7-4-8-12-15/h1,3-12,16H,13,17H2. The van der Waals surface area contributed by atoms with Crippen LogP contribution in [0.5, 0.6) is 0 Å². The summed E-state index contributed by atoms with van der Waals surface area (Å²) < 4.78 is 0. The Morgan fingerprint density at radius 1 is 0.882 bits per heavy atom. The molecule has 0 saturated heterocycles. The van der Waals surface area contributed by atoms with Gasteiger partial charge in [-0.2, -0.15) is 0 Å². The molecule has 0 heterocycles. The maximum atomic E-state index is 5.44. The highest BCUT2D eigenvalue weighted by atomic mass is 28.2. The Labute approximate surface area is 106 Å². The average molecular weight is 236 g/mol. The molecule has 0 fully saturated rings. The molecule has 0 nitrogen and oxygen atoms in total. The SMILES string of the molecule is C#C[SiH2]CC(c1ccccc1)c1ccccc1. The third-order valence-corrected chi connectivity index (χ3v) is 4.14. The average Bonchev–Trinajstić information content (AvgIpc) is 2.42. The summed E-state index contributed by atoms with van der Waals surface area (Å²) in [4.78, 5) is 0. The van der Waals surface area contributed by atoms with E-state index in [2.05, 4.69) is 66.2 Å². The molecule has 2 rings (SSSR count). The maximum absolute atomic E-state index is 5.44. The zero-order valence-electron chi connectivity index (χ0n) is 9.84. The summed E-state index contributed by atoms with van der Waals surface area (Å²) in [7, 11) is -0.386. The highest BCUT2D eigenvalue weighted by Gasteiger charge is 2.12. The topological polar surface area (TPSA) is 0 Å². The van der Waals surface area contributed by atoms with Gasteiger partial charge in [-0.1, -0.05) is 60.7 Å². The third-order valence-electron chi connectivity index (χ3n) is 2.98. The van der Waals surface area contributed by atoms with Crippen molar-refractivity contribution in [3.05, 3.63) is 71.8 Å². The van der Waals surface area contributed by atoms with Gasteiger partial charge in [-0.3, -0.25) is 0 Å². The molecule has 0 unspecified atom stereocenters. The van der Waals surface area contributed by atoms with Crippen molar-refractivity contribution >= 4 is 9.52 Å². The first-order chi connectivity index (χ1) is 8.42. The van der Waals surface area contributed by atoms with Crippen LogP contribution in [-0.4, -0.2) is 9.52 Å². The molecular formula is C16H16Si. The van der Waals surface area contributed by atoms with Gasteiger partial charge in [-0.05, 0) is 17.2 Å². The Balaban J connectivity index is 2.30. The smallest absolute Gasteiger partial charge is 0.107 e. The van der Waals surface area contributed by atoms with Gasteiger partial charge in [0.05, 0.1) is 0 Å². The van der Waals surface area contributed by atoms with E-state index in [1.807, 2.05) is 0 Å². The van der Waals surface area contributed by atoms with Crippen molar-refractivity contribution < 1.29 is 0 Å². The Morgan fingerprint density at radius 3 is 1.76 bits per heavy atom. The molecule has 0 spiro atoms. The zero-order chi connectivity index (χ0) is 11.9. The summed E-state index contributed by atoms with van der Waals surface area (Å²) in [5, 5.41) is 0. The van der Waals surface area contributed by atoms with Crippen molar-refractivity contribution in [2.24, 2.45) is 0 Å². The van der Waals surface area contributed by atoms with Crippen molar-refractivity contribution in [1.29, 1.82) is 0 Å². The van der Waals surface area contributed by atoms with Gasteiger partial charge >= 0.3 is 0 Å². The predicted octanol–water partition coefficient (Wildman–Crippen LogP) is 3.00. The summed E-state index contributed by atoms with van der Waals surface area (Å²) in [5.41, 5.74) is 5.63. The van der Waals surface area contributed by atoms with E-state index in [-0.39, 0.29) is 9.52 Å². The summed E-state index contributed by atoms with van der Waals surface area (Å²) in [5.74, 6) is 0.472. The van der Waals surface area contributed by atoms with E-state index in [1.54, 1.807) is 0 Å². The lowest BCUT2D eigenvalue weighted by molar-refractivity contribution is 0.916. The first-order valence-corrected chi connectivity index (χ1v) is 7.66. The first kappa shape index (κ1) is 11.7. The lowest BCUT2D eigenvalue weighted by Gasteiger charge is -2.16. The fourth-order valence-electron chi connectivity index (χ4n) is 2.12. The molecule has 0 aromatic heterocycles. The predicted molar refractivity (Wildman–Crippen MR) is 76.9 cm³/mol. The van der Waals surface area contributed by atoms with E-state index >= 15 is 0 Å². The fraction of sp³-hybridized carbons (Fsp3) is 0.125. The van der Waals surface area contributed by atoms with Crippen molar-refractivity contribution in [1.82, 2.24) is 0 Å². The molecule has 0 amide bonds. The lowest BCUT2D eigenvalue weighted by Crippen LogP contribution is -2.03. The molecule has 0 N–H and O–H groups in total. The molecular weight excluding hydrogens is 220 g/mol. The van der Waals surface area contributed by atoms with Gasteiger partial charge in [-0.25, -0.2) is 0 Å². The van der Waals surface area contributed by atoms with Crippen molar-refractivity contribution in [2.75, 3.05) is 0 Å². The number of hydrogen-bond donors (Lipinski definition) is 0. The Hall–Kier alpha value is -1.78. The highest BCUT2D eigenvalue weighted by molar-refractivity contribution is 6.46. The molecule has 0 radical (unpaired) electrons. The van der Waals surface area contributed by atoms with Crippen molar-refractivity contribution in [3.63, 3.8) is 0 Å². The summed E-state index contributed by atoms with van der Waals surface area (Å²) >= 11 is 0. The van der Waals surface area contributed by atoms with E-state index < -0.39 is 0 Å². The second-order valence-corrected chi connectivity index (χ2v) is 5.60. The molecule has 0 atom stereocenters. The number of terminal acetylenes is 1. The van der Waals surface area contributed by atoms with E-state index in [4.69, 9.17) is 6.42 Å². The minimum absolute atomic E-state index is 0.386. The number of rotatable bonds is 4. The van der Waals surface area contributed by atoms with Crippen molar-refractivity contribution in [2.45, 2.75) is 12.0 Å². The minimum atomic E-state index is -0.386. The van der Waals surface area contributed by atoms with Crippen LogP contribution >= 0.6 is 0 Å². The third kappa shape index (κ3) is 3.09. The van der Waals surface area contributed by atoms with Crippen LogP contribution in [0.3, 0.4) is 0 Å². The molecule has 0 aliphatic carbocycles. The highest BCUT2D eigenvalue weighted by Crippen LogP contribution is 2.27. The van der Waals surface area contributed by atoms with Gasteiger partial charge < -0.3 is 0 Å². The van der Waals surface area contributed by atoms with Crippen LogP contribution < -0.4 is 0 Å². The van der Waals surface area contributed by atoms with Gasteiger partial charge in [0.25, 0.3) is 0 Å². The first-order valence-electron chi connectivity index (χ1n) is 5.95. The van der Waals surface area contributed by atoms with Gasteiger partial charge in [0, 0.05) is 5.92 Å². The summed E-state index contributed by atoms with van der Waals surface area (Å²) in [6.07, 6.45) is 5.44. The van der Waals surface area contributed by atoms with Crippen LogP contribution in [0.15, 0.2) is 60.7 Å². The molecule has 17 heavy (non-hydrogen) atoms. The largest absolute Gasteiger partial charge is 0.143 e. The van der Waals surface area contributed by atoms with E-state index in [0.29, 0.717) is 5.92 Å². The van der Waals surface area contributed by atoms with Gasteiger partial charge in [-0.15, -0.1) is 12.0 Å². The second kappa shape index (κ2) is 6.08. The molecule has 1 heteroatoms. The van der Waals surface area contributed by atoms with E-state index in [1.165, 1.54) is 11.1 Å². The normalized spacial score (nSPS) is 10.8. The van der Waals surface area contributed by atoms with Crippen LogP contribution in [-0.2, 0) is 0 Å². The van der Waals surface area contributed by atoms with Gasteiger partial charge in [0.2, 0.25) is 0 Å². The Morgan fingerprint density at radius 2 is 1.35 bits per heavy atom. The molecule has 0 aliphatic rings. The Bertz CT molecular complexity index is 442. The van der Waals surface area contributed by atoms with Crippen molar-refractivity contribution in [3.8, 4) is 12.0 Å². The van der Waals surface area contributed by atoms with Crippen LogP contribution in [0.25, 0.3) is 0 Å². The molecule has 0 saturated carbocycles. The minimum Gasteiger partial charge on any atom is -0.143 e. The van der Waals surface area contributed by atoms with Gasteiger partial charge in [0.1, 0.15) is 9.52 Å². The summed E-state index contributed by atoms with van der Waals surface area (Å²) in [6.45, 7) is 0. The summed E-state index contributed by atoms with van der Waals surface area (Å²) in [6, 6.07) is 22.5. The Kier molecular flexibility index (Phi) is 4.18. The monoisotopic (exact) mass is 236 g/mol. The molecule has 84 valence electrons. The molecule has 0 aliphatic heterocycles. The van der Waals surface area contributed by atoms with Crippen LogP contribution in [0.4, 0.5) is 0 Å². The van der Waals surface area contributed by atoms with E-state index in [9.17, 15) is 0 Å². The zero-order valence-corrected chi connectivity index (χ0v) is 11.3. The molecule has 2 aromatic rings. The second-order valence-electron chi connectivity index (χ2n) is 4.12. The fourth-order valence-corrected chi connectivity index (χ4v) is 3.25. The van der Waals surface area contributed by atoms with Crippen LogP contribution in [0, 0.1) is 12.0 Å².